The molecule has 6 nitrogen and oxygen atoms in total. The normalized spacial score (nSPS) is 10.2. The van der Waals surface area contributed by atoms with Crippen molar-refractivity contribution < 1.29 is 15.0 Å². The number of H-pyrrole nitrogens is 1. The van der Waals surface area contributed by atoms with Crippen molar-refractivity contribution in [3.8, 4) is 17.1 Å². The Morgan fingerprint density at radius 3 is 2.81 bits per heavy atom. The SMILES string of the molecule is O=C(O)c1nc(-c2ccsc2)[nH]c(=O)c1O. The molecule has 0 saturated heterocycles. The third-order valence-electron chi connectivity index (χ3n) is 1.89. The van der Waals surface area contributed by atoms with Crippen LogP contribution < -0.4 is 5.56 Å². The van der Waals surface area contributed by atoms with E-state index in [2.05, 4.69) is 9.97 Å². The summed E-state index contributed by atoms with van der Waals surface area (Å²) < 4.78 is 0. The van der Waals surface area contributed by atoms with Gasteiger partial charge in [-0.1, -0.05) is 0 Å². The van der Waals surface area contributed by atoms with Crippen molar-refractivity contribution in [1.29, 1.82) is 0 Å². The van der Waals surface area contributed by atoms with Crippen molar-refractivity contribution >= 4 is 17.3 Å². The van der Waals surface area contributed by atoms with Crippen LogP contribution >= 0.6 is 11.3 Å². The largest absolute Gasteiger partial charge is 0.501 e. The number of hydrogen-bond donors (Lipinski definition) is 3. The Bertz CT molecular complexity index is 588. The van der Waals surface area contributed by atoms with Gasteiger partial charge in [0.15, 0.2) is 5.69 Å². The number of carboxylic acids is 1. The van der Waals surface area contributed by atoms with Crippen molar-refractivity contribution in [3.05, 3.63) is 32.9 Å². The van der Waals surface area contributed by atoms with E-state index in [0.717, 1.165) is 0 Å². The van der Waals surface area contributed by atoms with Gasteiger partial charge in [0, 0.05) is 10.9 Å². The second-order valence-corrected chi connectivity index (χ2v) is 3.71. The molecule has 0 aromatic carbocycles. The van der Waals surface area contributed by atoms with Gasteiger partial charge in [-0.3, -0.25) is 4.79 Å². The first-order chi connectivity index (χ1) is 7.59. The predicted octanol–water partition coefficient (Wildman–Crippen LogP) is 0.902. The van der Waals surface area contributed by atoms with Gasteiger partial charge in [0.1, 0.15) is 5.82 Å². The number of aromatic nitrogens is 2. The lowest BCUT2D eigenvalue weighted by Crippen LogP contribution is -2.14. The van der Waals surface area contributed by atoms with E-state index in [0.29, 0.717) is 5.56 Å². The molecule has 0 saturated carbocycles. The first kappa shape index (κ1) is 10.4. The van der Waals surface area contributed by atoms with Gasteiger partial charge >= 0.3 is 5.97 Å². The van der Waals surface area contributed by atoms with Crippen LogP contribution in [0.5, 0.6) is 5.75 Å². The fraction of sp³-hybridized carbons (Fsp3) is 0. The van der Waals surface area contributed by atoms with Crippen molar-refractivity contribution in [3.63, 3.8) is 0 Å². The minimum absolute atomic E-state index is 0.126. The van der Waals surface area contributed by atoms with Gasteiger partial charge < -0.3 is 15.2 Å². The molecule has 0 fully saturated rings. The Balaban J connectivity index is 2.67. The molecule has 2 rings (SSSR count). The van der Waals surface area contributed by atoms with Gasteiger partial charge in [0.05, 0.1) is 0 Å². The molecular weight excluding hydrogens is 232 g/mol. The zero-order chi connectivity index (χ0) is 11.7. The Kier molecular flexibility index (Phi) is 2.45. The highest BCUT2D eigenvalue weighted by molar-refractivity contribution is 7.08. The highest BCUT2D eigenvalue weighted by Crippen LogP contribution is 2.19. The van der Waals surface area contributed by atoms with Crippen molar-refractivity contribution in [1.82, 2.24) is 9.97 Å². The standard InChI is InChI=1S/C9H6N2O4S/c12-6-5(9(14)15)10-7(11-8(6)13)4-1-2-16-3-4/h1-3,12H,(H,14,15)(H,10,11,13). The molecule has 0 amide bonds. The number of rotatable bonds is 2. The maximum Gasteiger partial charge on any atom is 0.358 e. The molecule has 0 bridgehead atoms. The van der Waals surface area contributed by atoms with Crippen LogP contribution in [0.25, 0.3) is 11.4 Å². The number of nitrogens with one attached hydrogen (secondary N) is 1. The summed E-state index contributed by atoms with van der Waals surface area (Å²) in [4.78, 5) is 28.0. The molecule has 0 aliphatic carbocycles. The average Bonchev–Trinajstić information content (AvgIpc) is 2.74. The Labute approximate surface area is 92.8 Å². The minimum atomic E-state index is -1.44. The van der Waals surface area contributed by atoms with E-state index in [1.807, 2.05) is 0 Å². The number of aromatic amines is 1. The van der Waals surface area contributed by atoms with E-state index >= 15 is 0 Å². The highest BCUT2D eigenvalue weighted by Gasteiger charge is 2.17. The fourth-order valence-electron chi connectivity index (χ4n) is 1.15. The molecular formula is C9H6N2O4S. The molecule has 0 atom stereocenters. The summed E-state index contributed by atoms with van der Waals surface area (Å²) in [5.74, 6) is -2.20. The van der Waals surface area contributed by atoms with Crippen LogP contribution in [0.1, 0.15) is 10.5 Å². The van der Waals surface area contributed by atoms with E-state index in [9.17, 15) is 14.7 Å². The van der Waals surface area contributed by atoms with E-state index in [-0.39, 0.29) is 5.82 Å². The van der Waals surface area contributed by atoms with Crippen LogP contribution in [0.3, 0.4) is 0 Å². The van der Waals surface area contributed by atoms with Crippen LogP contribution in [0.4, 0.5) is 0 Å². The summed E-state index contributed by atoms with van der Waals surface area (Å²) in [6.07, 6.45) is 0. The molecule has 0 spiro atoms. The maximum absolute atomic E-state index is 11.3. The Morgan fingerprint density at radius 2 is 2.25 bits per heavy atom. The minimum Gasteiger partial charge on any atom is -0.501 e. The number of thiophene rings is 1. The first-order valence-corrected chi connectivity index (χ1v) is 5.13. The summed E-state index contributed by atoms with van der Waals surface area (Å²) in [5, 5.41) is 21.4. The molecule has 0 unspecified atom stereocenters. The predicted molar refractivity (Wildman–Crippen MR) is 56.8 cm³/mol. The Morgan fingerprint density at radius 1 is 1.50 bits per heavy atom. The van der Waals surface area contributed by atoms with Crippen molar-refractivity contribution in [2.45, 2.75) is 0 Å². The lowest BCUT2D eigenvalue weighted by atomic mass is 10.3. The number of carbonyl (C=O) groups is 1. The molecule has 3 N–H and O–H groups in total. The van der Waals surface area contributed by atoms with Gasteiger partial charge in [0.25, 0.3) is 5.56 Å². The van der Waals surface area contributed by atoms with Gasteiger partial charge in [-0.25, -0.2) is 9.78 Å². The van der Waals surface area contributed by atoms with Crippen LogP contribution in [0, 0.1) is 0 Å². The number of carboxylic acid groups (broad SMARTS) is 1. The molecule has 7 heteroatoms. The lowest BCUT2D eigenvalue weighted by molar-refractivity contribution is 0.0686. The molecule has 82 valence electrons. The lowest BCUT2D eigenvalue weighted by Gasteiger charge is -2.01. The van der Waals surface area contributed by atoms with Gasteiger partial charge in [-0.05, 0) is 11.4 Å². The summed E-state index contributed by atoms with van der Waals surface area (Å²) in [7, 11) is 0. The molecule has 0 aliphatic heterocycles. The van der Waals surface area contributed by atoms with Gasteiger partial charge in [0.2, 0.25) is 5.75 Å². The van der Waals surface area contributed by atoms with Gasteiger partial charge in [-0.2, -0.15) is 11.3 Å². The summed E-state index contributed by atoms with van der Waals surface area (Å²) in [5.41, 5.74) is -0.914. The van der Waals surface area contributed by atoms with E-state index < -0.39 is 23.0 Å². The molecule has 2 aromatic heterocycles. The highest BCUT2D eigenvalue weighted by atomic mass is 32.1. The third-order valence-corrected chi connectivity index (χ3v) is 2.58. The van der Waals surface area contributed by atoms with Crippen LogP contribution in [0.2, 0.25) is 0 Å². The van der Waals surface area contributed by atoms with E-state index in [1.54, 1.807) is 16.8 Å². The fourth-order valence-corrected chi connectivity index (χ4v) is 1.79. The van der Waals surface area contributed by atoms with E-state index in [4.69, 9.17) is 5.11 Å². The first-order valence-electron chi connectivity index (χ1n) is 4.18. The average molecular weight is 238 g/mol. The third kappa shape index (κ3) is 1.68. The number of nitrogens with zero attached hydrogens (tertiary/aromatic N) is 1. The van der Waals surface area contributed by atoms with Crippen molar-refractivity contribution in [2.75, 3.05) is 0 Å². The van der Waals surface area contributed by atoms with Crippen LogP contribution in [0.15, 0.2) is 21.6 Å². The summed E-state index contributed by atoms with van der Waals surface area (Å²) >= 11 is 1.39. The second-order valence-electron chi connectivity index (χ2n) is 2.93. The topological polar surface area (TPSA) is 103 Å². The Hall–Kier alpha value is -2.15. The monoisotopic (exact) mass is 238 g/mol. The number of hydrogen-bond acceptors (Lipinski definition) is 5. The van der Waals surface area contributed by atoms with Crippen LogP contribution in [-0.4, -0.2) is 26.2 Å². The molecule has 2 aromatic rings. The van der Waals surface area contributed by atoms with Gasteiger partial charge in [-0.15, -0.1) is 0 Å². The molecule has 0 aliphatic rings. The molecule has 0 radical (unpaired) electrons. The zero-order valence-corrected chi connectivity index (χ0v) is 8.61. The molecule has 2 heterocycles. The quantitative estimate of drug-likeness (QED) is 0.721. The van der Waals surface area contributed by atoms with Crippen LogP contribution in [-0.2, 0) is 0 Å². The number of aromatic hydroxyl groups is 1. The maximum atomic E-state index is 11.3. The van der Waals surface area contributed by atoms with E-state index in [1.165, 1.54) is 11.3 Å². The summed E-state index contributed by atoms with van der Waals surface area (Å²) in [6.45, 7) is 0. The van der Waals surface area contributed by atoms with Crippen molar-refractivity contribution in [2.24, 2.45) is 0 Å². The smallest absolute Gasteiger partial charge is 0.358 e. The summed E-state index contributed by atoms with van der Waals surface area (Å²) in [6, 6.07) is 1.69. The molecule has 16 heavy (non-hydrogen) atoms. The zero-order valence-electron chi connectivity index (χ0n) is 7.80. The number of aromatic carboxylic acids is 1. The second kappa shape index (κ2) is 3.78.